The van der Waals surface area contributed by atoms with Crippen LogP contribution in [-0.2, 0) is 4.79 Å². The van der Waals surface area contributed by atoms with Crippen molar-refractivity contribution in [1.82, 2.24) is 5.32 Å². The Labute approximate surface area is 98.2 Å². The van der Waals surface area contributed by atoms with Crippen LogP contribution in [0, 0.1) is 17.8 Å². The van der Waals surface area contributed by atoms with Gasteiger partial charge in [-0.2, -0.15) is 0 Å². The van der Waals surface area contributed by atoms with Crippen LogP contribution < -0.4 is 5.32 Å². The first-order valence-electron chi connectivity index (χ1n) is 7.13. The fraction of sp³-hybridized carbons (Fsp3) is 0.929. The lowest BCUT2D eigenvalue weighted by molar-refractivity contribution is -0.127. The normalized spacial score (nSPS) is 38.9. The van der Waals surface area contributed by atoms with Crippen molar-refractivity contribution in [2.24, 2.45) is 17.8 Å². The minimum absolute atomic E-state index is 0.341. The Balaban J connectivity index is 1.52. The van der Waals surface area contributed by atoms with E-state index in [4.69, 9.17) is 0 Å². The highest BCUT2D eigenvalue weighted by Crippen LogP contribution is 2.44. The average molecular weight is 221 g/mol. The van der Waals surface area contributed by atoms with Crippen molar-refractivity contribution in [1.29, 1.82) is 0 Å². The molecule has 3 rings (SSSR count). The van der Waals surface area contributed by atoms with Gasteiger partial charge in [-0.25, -0.2) is 0 Å². The van der Waals surface area contributed by atoms with Gasteiger partial charge in [-0.15, -0.1) is 0 Å². The van der Waals surface area contributed by atoms with E-state index in [1.165, 1.54) is 44.9 Å². The highest BCUT2D eigenvalue weighted by molar-refractivity contribution is 5.79. The molecule has 90 valence electrons. The van der Waals surface area contributed by atoms with Crippen LogP contribution in [0.5, 0.6) is 0 Å². The van der Waals surface area contributed by atoms with Crippen LogP contribution in [0.2, 0.25) is 0 Å². The molecule has 2 heteroatoms. The molecule has 0 saturated heterocycles. The van der Waals surface area contributed by atoms with Gasteiger partial charge in [0.05, 0.1) is 0 Å². The first-order valence-corrected chi connectivity index (χ1v) is 7.13. The fourth-order valence-corrected chi connectivity index (χ4v) is 4.09. The maximum absolute atomic E-state index is 12.1. The molecule has 0 heterocycles. The van der Waals surface area contributed by atoms with Gasteiger partial charge in [0.1, 0.15) is 0 Å². The molecule has 0 radical (unpaired) electrons. The van der Waals surface area contributed by atoms with Crippen LogP contribution in [0.4, 0.5) is 0 Å². The van der Waals surface area contributed by atoms with Crippen LogP contribution in [0.25, 0.3) is 0 Å². The van der Waals surface area contributed by atoms with Crippen molar-refractivity contribution in [3.63, 3.8) is 0 Å². The van der Waals surface area contributed by atoms with E-state index in [1.807, 2.05) is 0 Å². The third-order valence-corrected chi connectivity index (χ3v) is 5.04. The number of rotatable bonds is 2. The van der Waals surface area contributed by atoms with Gasteiger partial charge in [-0.3, -0.25) is 4.79 Å². The van der Waals surface area contributed by atoms with Crippen molar-refractivity contribution in [2.75, 3.05) is 0 Å². The molecule has 2 nitrogen and oxygen atoms in total. The second-order valence-electron chi connectivity index (χ2n) is 6.12. The third-order valence-electron chi connectivity index (χ3n) is 5.04. The molecule has 0 spiro atoms. The third kappa shape index (κ3) is 1.99. The first-order chi connectivity index (χ1) is 7.83. The minimum Gasteiger partial charge on any atom is -0.353 e. The molecule has 0 aromatic rings. The summed E-state index contributed by atoms with van der Waals surface area (Å²) in [5, 5.41) is 3.34. The number of hydrogen-bond donors (Lipinski definition) is 1. The molecule has 16 heavy (non-hydrogen) atoms. The molecule has 0 aromatic carbocycles. The maximum atomic E-state index is 12.1. The number of amides is 1. The topological polar surface area (TPSA) is 29.1 Å². The van der Waals surface area contributed by atoms with E-state index in [1.54, 1.807) is 0 Å². The summed E-state index contributed by atoms with van der Waals surface area (Å²) in [7, 11) is 0. The van der Waals surface area contributed by atoms with Gasteiger partial charge >= 0.3 is 0 Å². The quantitative estimate of drug-likeness (QED) is 0.763. The summed E-state index contributed by atoms with van der Waals surface area (Å²) in [4.78, 5) is 12.1. The van der Waals surface area contributed by atoms with Crippen molar-refractivity contribution >= 4 is 5.91 Å². The number of fused-ring (bicyclic) bond motifs is 2. The fourth-order valence-electron chi connectivity index (χ4n) is 4.09. The summed E-state index contributed by atoms with van der Waals surface area (Å²) >= 11 is 0. The molecule has 1 amide bonds. The van der Waals surface area contributed by atoms with Gasteiger partial charge in [0.25, 0.3) is 0 Å². The van der Waals surface area contributed by atoms with Crippen molar-refractivity contribution in [2.45, 2.75) is 63.8 Å². The zero-order valence-electron chi connectivity index (χ0n) is 10.1. The Morgan fingerprint density at radius 2 is 1.75 bits per heavy atom. The molecule has 3 aliphatic carbocycles. The second-order valence-corrected chi connectivity index (χ2v) is 6.12. The molecule has 3 fully saturated rings. The molecule has 0 aromatic heterocycles. The van der Waals surface area contributed by atoms with Gasteiger partial charge in [0, 0.05) is 12.0 Å². The number of carbonyl (C=O) groups is 1. The Morgan fingerprint density at radius 1 is 0.938 bits per heavy atom. The van der Waals surface area contributed by atoms with E-state index >= 15 is 0 Å². The zero-order chi connectivity index (χ0) is 11.0. The molecule has 3 saturated carbocycles. The predicted octanol–water partition coefficient (Wildman–Crippen LogP) is 2.87. The SMILES string of the molecule is O=C(NC1C[C@@H]2CC[C@H]1C2)C1CCCCC1. The van der Waals surface area contributed by atoms with E-state index in [-0.39, 0.29) is 0 Å². The molecule has 3 aliphatic rings. The average Bonchev–Trinajstić information content (AvgIpc) is 2.92. The van der Waals surface area contributed by atoms with Crippen molar-refractivity contribution in [3.05, 3.63) is 0 Å². The molecule has 1 N–H and O–H groups in total. The summed E-state index contributed by atoms with van der Waals surface area (Å²) in [6.45, 7) is 0. The van der Waals surface area contributed by atoms with E-state index in [0.29, 0.717) is 17.9 Å². The summed E-state index contributed by atoms with van der Waals surface area (Å²) < 4.78 is 0. The monoisotopic (exact) mass is 221 g/mol. The van der Waals surface area contributed by atoms with Crippen LogP contribution >= 0.6 is 0 Å². The van der Waals surface area contributed by atoms with Crippen molar-refractivity contribution < 1.29 is 4.79 Å². The summed E-state index contributed by atoms with van der Waals surface area (Å²) in [5.74, 6) is 2.46. The van der Waals surface area contributed by atoms with Crippen LogP contribution in [0.1, 0.15) is 57.8 Å². The molecule has 0 aliphatic heterocycles. The molecular formula is C14H23NO. The van der Waals surface area contributed by atoms with Crippen LogP contribution in [-0.4, -0.2) is 11.9 Å². The first kappa shape index (κ1) is 10.6. The second kappa shape index (κ2) is 4.38. The summed E-state index contributed by atoms with van der Waals surface area (Å²) in [5.41, 5.74) is 0. The molecule has 3 atom stereocenters. The van der Waals surface area contributed by atoms with Gasteiger partial charge in [0.2, 0.25) is 5.91 Å². The Morgan fingerprint density at radius 3 is 2.38 bits per heavy atom. The standard InChI is InChI=1S/C14H23NO/c16-14(11-4-2-1-3-5-11)15-13-9-10-6-7-12(13)8-10/h10-13H,1-9H2,(H,15,16)/t10-,12+,13?/m1/s1. The number of nitrogens with one attached hydrogen (secondary N) is 1. The highest BCUT2D eigenvalue weighted by Gasteiger charge is 2.40. The predicted molar refractivity (Wildman–Crippen MR) is 64.0 cm³/mol. The van der Waals surface area contributed by atoms with E-state index in [9.17, 15) is 4.79 Å². The Kier molecular flexibility index (Phi) is 2.91. The lowest BCUT2D eigenvalue weighted by Crippen LogP contribution is -2.42. The van der Waals surface area contributed by atoms with Gasteiger partial charge < -0.3 is 5.32 Å². The molecule has 1 unspecified atom stereocenters. The van der Waals surface area contributed by atoms with Crippen LogP contribution in [0.3, 0.4) is 0 Å². The highest BCUT2D eigenvalue weighted by atomic mass is 16.1. The van der Waals surface area contributed by atoms with E-state index < -0.39 is 0 Å². The van der Waals surface area contributed by atoms with E-state index in [0.717, 1.165) is 24.7 Å². The number of hydrogen-bond acceptors (Lipinski definition) is 1. The largest absolute Gasteiger partial charge is 0.353 e. The molecular weight excluding hydrogens is 198 g/mol. The van der Waals surface area contributed by atoms with Gasteiger partial charge in [-0.1, -0.05) is 25.7 Å². The van der Waals surface area contributed by atoms with E-state index in [2.05, 4.69) is 5.32 Å². The smallest absolute Gasteiger partial charge is 0.223 e. The lowest BCUT2D eigenvalue weighted by atomic mass is 9.87. The zero-order valence-corrected chi connectivity index (χ0v) is 10.1. The van der Waals surface area contributed by atoms with Crippen molar-refractivity contribution in [3.8, 4) is 0 Å². The summed E-state index contributed by atoms with van der Waals surface area (Å²) in [6.07, 6.45) is 11.5. The van der Waals surface area contributed by atoms with Gasteiger partial charge in [-0.05, 0) is 43.9 Å². The van der Waals surface area contributed by atoms with Crippen LogP contribution in [0.15, 0.2) is 0 Å². The van der Waals surface area contributed by atoms with Gasteiger partial charge in [0.15, 0.2) is 0 Å². The minimum atomic E-state index is 0.341. The Bertz CT molecular complexity index is 270. The summed E-state index contributed by atoms with van der Waals surface area (Å²) in [6, 6.07) is 0.535. The lowest BCUT2D eigenvalue weighted by Gasteiger charge is -2.27. The number of carbonyl (C=O) groups excluding carboxylic acids is 1. The maximum Gasteiger partial charge on any atom is 0.223 e. The molecule has 2 bridgehead atoms. The Hall–Kier alpha value is -0.530.